The molecule has 3 unspecified atom stereocenters. The molecule has 1 spiro atoms. The van der Waals surface area contributed by atoms with E-state index in [1.54, 1.807) is 0 Å². The fourth-order valence-electron chi connectivity index (χ4n) is 6.84. The maximum atomic E-state index is 12.7. The van der Waals surface area contributed by atoms with Gasteiger partial charge < -0.3 is 14.7 Å². The molecule has 3 aliphatic heterocycles. The fraction of sp³-hybridized carbons (Fsp3) is 0.607. The molecule has 1 aromatic rings. The van der Waals surface area contributed by atoms with Crippen molar-refractivity contribution in [1.29, 1.82) is 0 Å². The van der Waals surface area contributed by atoms with E-state index in [1.807, 2.05) is 11.1 Å². The summed E-state index contributed by atoms with van der Waals surface area (Å²) in [5.74, 6) is -0.173. The Hall–Kier alpha value is -2.47. The van der Waals surface area contributed by atoms with Gasteiger partial charge in [0.2, 0.25) is 0 Å². The largest absolute Gasteiger partial charge is 0.481 e. The molecule has 0 radical (unpaired) electrons. The lowest BCUT2D eigenvalue weighted by molar-refractivity contribution is -0.143. The maximum Gasteiger partial charge on any atom is 0.309 e. The molecule has 1 N–H and O–H groups in total. The van der Waals surface area contributed by atoms with Crippen LogP contribution in [0.5, 0.6) is 0 Å². The molecule has 6 heteroatoms. The van der Waals surface area contributed by atoms with Gasteiger partial charge in [-0.25, -0.2) is 0 Å². The number of aliphatic imine (C=N–C) groups is 1. The molecule has 5 atom stereocenters. The zero-order valence-corrected chi connectivity index (χ0v) is 19.7. The minimum absolute atomic E-state index is 0.132. The molecule has 2 saturated carbocycles. The first-order valence-electron chi connectivity index (χ1n) is 13.0. The summed E-state index contributed by atoms with van der Waals surface area (Å²) in [5, 5.41) is 9.52. The van der Waals surface area contributed by atoms with Crippen LogP contribution >= 0.6 is 0 Å². The Morgan fingerprint density at radius 3 is 2.53 bits per heavy atom. The number of amides is 1. The number of allylic oxidation sites excluding steroid dienone is 1. The van der Waals surface area contributed by atoms with Crippen molar-refractivity contribution in [2.24, 2.45) is 16.3 Å². The standard InChI is InChI=1S/C28H34N2O4/c31-26(24-5-2-14-34-24)30-12-10-28(11-13-30)16-23(28)19-8-6-18(7-9-19)21-15-20-3-1-4-22(27(32)33)25(20)29-17-21/h6-9,15,17,21-25H,1-5,10-14,16H2,(H,32,33)/t21?,22?,23-,24+,25?/m0/s1. The van der Waals surface area contributed by atoms with Crippen molar-refractivity contribution < 1.29 is 19.4 Å². The smallest absolute Gasteiger partial charge is 0.309 e. The second kappa shape index (κ2) is 8.63. The summed E-state index contributed by atoms with van der Waals surface area (Å²) in [5.41, 5.74) is 4.19. The summed E-state index contributed by atoms with van der Waals surface area (Å²) in [7, 11) is 0. The molecular formula is C28H34N2O4. The number of aliphatic carboxylic acids is 1. The van der Waals surface area contributed by atoms with Gasteiger partial charge in [-0.1, -0.05) is 30.3 Å². The first-order chi connectivity index (χ1) is 16.5. The number of hydrogen-bond donors (Lipinski definition) is 1. The van der Waals surface area contributed by atoms with Crippen molar-refractivity contribution >= 4 is 18.1 Å². The van der Waals surface area contributed by atoms with E-state index in [4.69, 9.17) is 4.74 Å². The second-order valence-corrected chi connectivity index (χ2v) is 11.0. The molecule has 1 amide bonds. The van der Waals surface area contributed by atoms with E-state index in [0.717, 1.165) is 64.6 Å². The third-order valence-corrected chi connectivity index (χ3v) is 9.05. The van der Waals surface area contributed by atoms with Crippen LogP contribution in [-0.4, -0.2) is 59.9 Å². The van der Waals surface area contributed by atoms with E-state index in [-0.39, 0.29) is 29.9 Å². The minimum atomic E-state index is -0.726. The highest BCUT2D eigenvalue weighted by molar-refractivity contribution is 5.81. The highest BCUT2D eigenvalue weighted by Gasteiger charge is 2.55. The lowest BCUT2D eigenvalue weighted by atomic mass is 9.78. The lowest BCUT2D eigenvalue weighted by Crippen LogP contribution is -2.44. The average molecular weight is 463 g/mol. The summed E-state index contributed by atoms with van der Waals surface area (Å²) >= 11 is 0. The third-order valence-electron chi connectivity index (χ3n) is 9.05. The Morgan fingerprint density at radius 1 is 1.06 bits per heavy atom. The van der Waals surface area contributed by atoms with Gasteiger partial charge in [0, 0.05) is 31.8 Å². The first-order valence-corrected chi connectivity index (χ1v) is 13.0. The summed E-state index contributed by atoms with van der Waals surface area (Å²) in [6.45, 7) is 2.44. The molecule has 6 rings (SSSR count). The van der Waals surface area contributed by atoms with Gasteiger partial charge in [-0.2, -0.15) is 0 Å². The Bertz CT molecular complexity index is 1020. The van der Waals surface area contributed by atoms with Crippen molar-refractivity contribution in [2.75, 3.05) is 19.7 Å². The molecule has 0 aromatic heterocycles. The molecule has 3 heterocycles. The lowest BCUT2D eigenvalue weighted by Gasteiger charge is -2.34. The van der Waals surface area contributed by atoms with Crippen LogP contribution in [0.4, 0.5) is 0 Å². The van der Waals surface area contributed by atoms with E-state index in [1.165, 1.54) is 23.1 Å². The Labute approximate surface area is 201 Å². The van der Waals surface area contributed by atoms with Crippen LogP contribution < -0.4 is 0 Å². The van der Waals surface area contributed by atoms with Gasteiger partial charge >= 0.3 is 5.97 Å². The molecule has 6 nitrogen and oxygen atoms in total. The van der Waals surface area contributed by atoms with Gasteiger partial charge in [-0.15, -0.1) is 0 Å². The summed E-state index contributed by atoms with van der Waals surface area (Å²) in [6.07, 6.45) is 11.9. The Morgan fingerprint density at radius 2 is 1.82 bits per heavy atom. The summed E-state index contributed by atoms with van der Waals surface area (Å²) < 4.78 is 5.60. The summed E-state index contributed by atoms with van der Waals surface area (Å²) in [6, 6.07) is 8.83. The van der Waals surface area contributed by atoms with Crippen LogP contribution in [0.2, 0.25) is 0 Å². The van der Waals surface area contributed by atoms with E-state index < -0.39 is 5.97 Å². The van der Waals surface area contributed by atoms with Crippen molar-refractivity contribution in [3.63, 3.8) is 0 Å². The maximum absolute atomic E-state index is 12.7. The van der Waals surface area contributed by atoms with Gasteiger partial charge in [0.05, 0.1) is 12.0 Å². The second-order valence-electron chi connectivity index (χ2n) is 11.0. The van der Waals surface area contributed by atoms with Gasteiger partial charge in [0.1, 0.15) is 6.10 Å². The Balaban J connectivity index is 1.08. The van der Waals surface area contributed by atoms with Gasteiger partial charge in [0.25, 0.3) is 5.91 Å². The number of fused-ring (bicyclic) bond motifs is 1. The van der Waals surface area contributed by atoms with Crippen molar-refractivity contribution in [2.45, 2.75) is 75.3 Å². The zero-order chi connectivity index (χ0) is 23.3. The number of carboxylic acids is 1. The van der Waals surface area contributed by atoms with Gasteiger partial charge in [0.15, 0.2) is 0 Å². The minimum Gasteiger partial charge on any atom is -0.481 e. The topological polar surface area (TPSA) is 79.2 Å². The number of likely N-dealkylation sites (tertiary alicyclic amines) is 1. The van der Waals surface area contributed by atoms with E-state index >= 15 is 0 Å². The fourth-order valence-corrected chi connectivity index (χ4v) is 6.84. The molecule has 1 aromatic carbocycles. The number of rotatable bonds is 4. The van der Waals surface area contributed by atoms with Crippen LogP contribution in [0.25, 0.3) is 0 Å². The van der Waals surface area contributed by atoms with Crippen LogP contribution in [0.15, 0.2) is 40.9 Å². The SMILES string of the molecule is O=C(O)C1CCCC2=CC(c3ccc([C@@H]4CC45CCN(C(=O)[C@H]4CCCO4)CC5)cc3)C=NC21. The molecule has 2 saturated heterocycles. The summed E-state index contributed by atoms with van der Waals surface area (Å²) in [4.78, 5) is 31.0. The van der Waals surface area contributed by atoms with Crippen molar-refractivity contribution in [1.82, 2.24) is 4.90 Å². The molecule has 34 heavy (non-hydrogen) atoms. The van der Waals surface area contributed by atoms with E-state index in [2.05, 4.69) is 35.3 Å². The molecule has 0 bridgehead atoms. The predicted molar refractivity (Wildman–Crippen MR) is 129 cm³/mol. The Kier molecular flexibility index (Phi) is 5.59. The first kappa shape index (κ1) is 22.0. The predicted octanol–water partition coefficient (Wildman–Crippen LogP) is 4.31. The van der Waals surface area contributed by atoms with Crippen LogP contribution in [0.3, 0.4) is 0 Å². The van der Waals surface area contributed by atoms with Gasteiger partial charge in [-0.3, -0.25) is 14.6 Å². The molecular weight excluding hydrogens is 428 g/mol. The third kappa shape index (κ3) is 3.90. The van der Waals surface area contributed by atoms with E-state index in [0.29, 0.717) is 11.3 Å². The zero-order valence-electron chi connectivity index (χ0n) is 19.7. The molecule has 180 valence electrons. The average Bonchev–Trinajstić information content (AvgIpc) is 3.28. The number of dihydropyridines is 1. The van der Waals surface area contributed by atoms with Gasteiger partial charge in [-0.05, 0) is 79.4 Å². The highest BCUT2D eigenvalue weighted by atomic mass is 16.5. The number of carbonyl (C=O) groups excluding carboxylic acids is 1. The number of piperidine rings is 1. The quantitative estimate of drug-likeness (QED) is 0.677. The number of ether oxygens (including phenoxy) is 1. The van der Waals surface area contributed by atoms with Crippen LogP contribution in [-0.2, 0) is 14.3 Å². The van der Waals surface area contributed by atoms with Crippen molar-refractivity contribution in [3.05, 3.63) is 47.0 Å². The van der Waals surface area contributed by atoms with E-state index in [9.17, 15) is 14.7 Å². The molecule has 5 aliphatic rings. The monoisotopic (exact) mass is 462 g/mol. The molecule has 2 aliphatic carbocycles. The number of carbonyl (C=O) groups is 2. The highest BCUT2D eigenvalue weighted by Crippen LogP contribution is 2.65. The normalized spacial score (nSPS) is 33.9. The number of nitrogens with zero attached hydrogens (tertiary/aromatic N) is 2. The van der Waals surface area contributed by atoms with Crippen LogP contribution in [0.1, 0.15) is 74.3 Å². The number of carboxylic acid groups (broad SMARTS) is 1. The van der Waals surface area contributed by atoms with Crippen LogP contribution in [0, 0.1) is 11.3 Å². The number of hydrogen-bond acceptors (Lipinski definition) is 4. The molecule has 4 fully saturated rings. The van der Waals surface area contributed by atoms with Crippen molar-refractivity contribution in [3.8, 4) is 0 Å². The number of benzene rings is 1.